The molecular weight excluding hydrogens is 455 g/mol. The highest BCUT2D eigenvalue weighted by molar-refractivity contribution is 5.96. The van der Waals surface area contributed by atoms with Crippen LogP contribution in [0.5, 0.6) is 5.75 Å². The van der Waals surface area contributed by atoms with Crippen LogP contribution < -0.4 is 9.64 Å². The summed E-state index contributed by atoms with van der Waals surface area (Å²) in [4.78, 5) is 19.1. The minimum absolute atomic E-state index is 0.179. The molecule has 1 unspecified atom stereocenters. The second kappa shape index (κ2) is 9.09. The van der Waals surface area contributed by atoms with Crippen molar-refractivity contribution in [2.24, 2.45) is 0 Å². The largest absolute Gasteiger partial charge is 0.491 e. The van der Waals surface area contributed by atoms with Crippen LogP contribution in [-0.2, 0) is 17.5 Å². The van der Waals surface area contributed by atoms with Gasteiger partial charge in [-0.25, -0.2) is 4.98 Å². The zero-order valence-electron chi connectivity index (χ0n) is 19.1. The number of imidazole rings is 1. The van der Waals surface area contributed by atoms with E-state index in [1.807, 2.05) is 55.5 Å². The van der Waals surface area contributed by atoms with E-state index >= 15 is 0 Å². The molecule has 3 aromatic carbocycles. The SMILES string of the molecule is Cc1ccccc1OCCn1c(C2CC(=O)N(c3cccc(C(F)(F)F)c3)C2)nc2ccccc21. The molecule has 35 heavy (non-hydrogen) atoms. The van der Waals surface area contributed by atoms with E-state index in [2.05, 4.69) is 4.57 Å². The number of halogens is 3. The number of ether oxygens (including phenoxy) is 1. The molecule has 0 saturated carbocycles. The topological polar surface area (TPSA) is 47.4 Å². The summed E-state index contributed by atoms with van der Waals surface area (Å²) in [5.74, 6) is 1.08. The molecule has 0 aliphatic carbocycles. The zero-order chi connectivity index (χ0) is 24.6. The standard InChI is InChI=1S/C27H24F3N3O2/c1-18-7-2-5-12-24(18)35-14-13-32-23-11-4-3-10-22(23)31-26(32)19-15-25(34)33(17-19)21-9-6-8-20(16-21)27(28,29)30/h2-12,16,19H,13-15,17H2,1H3. The quantitative estimate of drug-likeness (QED) is 0.343. The van der Waals surface area contributed by atoms with Crippen LogP contribution in [0, 0.1) is 6.92 Å². The van der Waals surface area contributed by atoms with Crippen LogP contribution in [-0.4, -0.2) is 28.6 Å². The molecule has 0 radical (unpaired) electrons. The Morgan fingerprint density at radius 1 is 1.03 bits per heavy atom. The van der Waals surface area contributed by atoms with Gasteiger partial charge in [0.15, 0.2) is 0 Å². The van der Waals surface area contributed by atoms with Gasteiger partial charge in [-0.2, -0.15) is 13.2 Å². The first kappa shape index (κ1) is 23.0. The molecule has 1 fully saturated rings. The second-order valence-corrected chi connectivity index (χ2v) is 8.68. The van der Waals surface area contributed by atoms with Gasteiger partial charge in [0.2, 0.25) is 5.91 Å². The summed E-state index contributed by atoms with van der Waals surface area (Å²) in [6.07, 6.45) is -4.29. The molecule has 0 bridgehead atoms. The van der Waals surface area contributed by atoms with E-state index in [-0.39, 0.29) is 30.5 Å². The van der Waals surface area contributed by atoms with Gasteiger partial charge in [-0.05, 0) is 48.9 Å². The fourth-order valence-electron chi connectivity index (χ4n) is 4.59. The fraction of sp³-hybridized carbons (Fsp3) is 0.259. The number of para-hydroxylation sites is 3. The number of hydrogen-bond donors (Lipinski definition) is 0. The van der Waals surface area contributed by atoms with Gasteiger partial charge in [-0.1, -0.05) is 36.4 Å². The highest BCUT2D eigenvalue weighted by atomic mass is 19.4. The Bertz CT molecular complexity index is 1380. The third-order valence-electron chi connectivity index (χ3n) is 6.33. The maximum absolute atomic E-state index is 13.2. The Hall–Kier alpha value is -3.81. The van der Waals surface area contributed by atoms with Gasteiger partial charge in [0.1, 0.15) is 18.2 Å². The third kappa shape index (κ3) is 4.60. The first-order valence-electron chi connectivity index (χ1n) is 11.4. The summed E-state index contributed by atoms with van der Waals surface area (Å²) in [5, 5.41) is 0. The van der Waals surface area contributed by atoms with E-state index in [4.69, 9.17) is 9.72 Å². The third-order valence-corrected chi connectivity index (χ3v) is 6.33. The number of amides is 1. The predicted molar refractivity (Wildman–Crippen MR) is 128 cm³/mol. The molecular formula is C27H24F3N3O2. The average Bonchev–Trinajstić information content (AvgIpc) is 3.40. The summed E-state index contributed by atoms with van der Waals surface area (Å²) in [5.41, 5.74) is 2.26. The van der Waals surface area contributed by atoms with Gasteiger partial charge in [-0.15, -0.1) is 0 Å². The van der Waals surface area contributed by atoms with Crippen molar-refractivity contribution in [1.82, 2.24) is 9.55 Å². The number of aryl methyl sites for hydroxylation is 1. The van der Waals surface area contributed by atoms with Crippen LogP contribution in [0.2, 0.25) is 0 Å². The van der Waals surface area contributed by atoms with Crippen LogP contribution in [0.1, 0.15) is 29.3 Å². The van der Waals surface area contributed by atoms with Crippen molar-refractivity contribution in [3.63, 3.8) is 0 Å². The lowest BCUT2D eigenvalue weighted by molar-refractivity contribution is -0.137. The highest BCUT2D eigenvalue weighted by Gasteiger charge is 2.36. The molecule has 1 aliphatic heterocycles. The minimum Gasteiger partial charge on any atom is -0.491 e. The van der Waals surface area contributed by atoms with Gasteiger partial charge in [0, 0.05) is 24.6 Å². The van der Waals surface area contributed by atoms with E-state index in [1.54, 1.807) is 0 Å². The average molecular weight is 480 g/mol. The van der Waals surface area contributed by atoms with Crippen LogP contribution in [0.15, 0.2) is 72.8 Å². The summed E-state index contributed by atoms with van der Waals surface area (Å²) in [6.45, 7) is 3.19. The summed E-state index contributed by atoms with van der Waals surface area (Å²) >= 11 is 0. The van der Waals surface area contributed by atoms with Gasteiger partial charge in [-0.3, -0.25) is 4.79 Å². The Balaban J connectivity index is 1.41. The molecule has 1 aromatic heterocycles. The van der Waals surface area contributed by atoms with E-state index in [9.17, 15) is 18.0 Å². The molecule has 1 aliphatic rings. The van der Waals surface area contributed by atoms with Gasteiger partial charge < -0.3 is 14.2 Å². The minimum atomic E-state index is -4.47. The van der Waals surface area contributed by atoms with Crippen LogP contribution in [0.25, 0.3) is 11.0 Å². The van der Waals surface area contributed by atoms with Gasteiger partial charge in [0.05, 0.1) is 23.1 Å². The van der Waals surface area contributed by atoms with Crippen molar-refractivity contribution in [2.45, 2.75) is 32.0 Å². The summed E-state index contributed by atoms with van der Waals surface area (Å²) in [7, 11) is 0. The Morgan fingerprint density at radius 3 is 2.60 bits per heavy atom. The van der Waals surface area contributed by atoms with Crippen LogP contribution >= 0.6 is 0 Å². The van der Waals surface area contributed by atoms with Crippen molar-refractivity contribution in [2.75, 3.05) is 18.1 Å². The molecule has 4 aromatic rings. The van der Waals surface area contributed by atoms with Crippen molar-refractivity contribution < 1.29 is 22.7 Å². The lowest BCUT2D eigenvalue weighted by Crippen LogP contribution is -2.25. The molecule has 8 heteroatoms. The fourth-order valence-corrected chi connectivity index (χ4v) is 4.59. The molecule has 5 nitrogen and oxygen atoms in total. The molecule has 5 rings (SSSR count). The van der Waals surface area contributed by atoms with Crippen LogP contribution in [0.4, 0.5) is 18.9 Å². The maximum atomic E-state index is 13.2. The number of carbonyl (C=O) groups excluding carboxylic acids is 1. The van der Waals surface area contributed by atoms with Crippen molar-refractivity contribution in [3.05, 3.63) is 89.7 Å². The number of benzene rings is 3. The van der Waals surface area contributed by atoms with E-state index in [1.165, 1.54) is 17.0 Å². The van der Waals surface area contributed by atoms with E-state index in [0.717, 1.165) is 40.3 Å². The number of hydrogen-bond acceptors (Lipinski definition) is 3. The first-order chi connectivity index (χ1) is 16.8. The lowest BCUT2D eigenvalue weighted by Gasteiger charge is -2.19. The van der Waals surface area contributed by atoms with E-state index in [0.29, 0.717) is 13.2 Å². The normalized spacial score (nSPS) is 16.3. The summed E-state index contributed by atoms with van der Waals surface area (Å²) in [6, 6.07) is 20.4. The number of rotatable bonds is 6. The molecule has 1 amide bonds. The smallest absolute Gasteiger partial charge is 0.416 e. The van der Waals surface area contributed by atoms with E-state index < -0.39 is 11.7 Å². The maximum Gasteiger partial charge on any atom is 0.416 e. The van der Waals surface area contributed by atoms with Crippen LogP contribution in [0.3, 0.4) is 0 Å². The number of aromatic nitrogens is 2. The van der Waals surface area contributed by atoms with Crippen molar-refractivity contribution in [3.8, 4) is 5.75 Å². The van der Waals surface area contributed by atoms with Crippen molar-refractivity contribution in [1.29, 1.82) is 0 Å². The Labute approximate surface area is 200 Å². The van der Waals surface area contributed by atoms with Gasteiger partial charge >= 0.3 is 6.18 Å². The molecule has 1 saturated heterocycles. The molecule has 2 heterocycles. The number of alkyl halides is 3. The first-order valence-corrected chi connectivity index (χ1v) is 11.4. The number of carbonyl (C=O) groups is 1. The van der Waals surface area contributed by atoms with Gasteiger partial charge in [0.25, 0.3) is 0 Å². The number of nitrogens with zero attached hydrogens (tertiary/aromatic N) is 3. The Kier molecular flexibility index (Phi) is 5.96. The zero-order valence-corrected chi connectivity index (χ0v) is 19.1. The Morgan fingerprint density at radius 2 is 1.80 bits per heavy atom. The molecule has 180 valence electrons. The lowest BCUT2D eigenvalue weighted by atomic mass is 10.1. The molecule has 0 N–H and O–H groups in total. The number of anilines is 1. The summed E-state index contributed by atoms with van der Waals surface area (Å²) < 4.78 is 47.7. The van der Waals surface area contributed by atoms with Crippen molar-refractivity contribution >= 4 is 22.6 Å². The monoisotopic (exact) mass is 479 g/mol. The number of fused-ring (bicyclic) bond motifs is 1. The highest BCUT2D eigenvalue weighted by Crippen LogP contribution is 2.36. The molecule has 0 spiro atoms. The molecule has 1 atom stereocenters. The predicted octanol–water partition coefficient (Wildman–Crippen LogP) is 5.96. The second-order valence-electron chi connectivity index (χ2n) is 8.68.